The van der Waals surface area contributed by atoms with Gasteiger partial charge in [-0.15, -0.1) is 12.6 Å². The summed E-state index contributed by atoms with van der Waals surface area (Å²) in [6, 6.07) is 5.29. The van der Waals surface area contributed by atoms with Gasteiger partial charge in [-0.2, -0.15) is 0 Å². The summed E-state index contributed by atoms with van der Waals surface area (Å²) in [7, 11) is 0. The maximum absolute atomic E-state index is 12.0. The molecule has 0 aliphatic heterocycles. The number of carbonyl (C=O) groups is 1. The van der Waals surface area contributed by atoms with Crippen LogP contribution in [-0.2, 0) is 6.54 Å². The topological polar surface area (TPSA) is 55.1 Å². The number of thiol groups is 1. The first kappa shape index (κ1) is 13.2. The lowest BCUT2D eigenvalue weighted by Crippen LogP contribution is -2.23. The van der Waals surface area contributed by atoms with Crippen LogP contribution < -0.4 is 5.32 Å². The van der Waals surface area contributed by atoms with Gasteiger partial charge < -0.3 is 9.73 Å². The number of carbonyl (C=O) groups excluding carboxylic acids is 1. The number of aromatic nitrogens is 1. The molecule has 0 saturated carbocycles. The first-order chi connectivity index (χ1) is 8.56. The van der Waals surface area contributed by atoms with Crippen molar-refractivity contribution in [2.24, 2.45) is 0 Å². The summed E-state index contributed by atoms with van der Waals surface area (Å²) in [6.07, 6.45) is 1.62. The van der Waals surface area contributed by atoms with Crippen LogP contribution in [-0.4, -0.2) is 10.9 Å². The SMILES string of the molecule is Cc1cnc(CNC(=O)c2cc(S)ccc2Br)o1. The lowest BCUT2D eigenvalue weighted by atomic mass is 10.2. The third-order valence-electron chi connectivity index (χ3n) is 2.26. The van der Waals surface area contributed by atoms with E-state index >= 15 is 0 Å². The Balaban J connectivity index is 2.05. The third kappa shape index (κ3) is 3.14. The fourth-order valence-corrected chi connectivity index (χ4v) is 2.05. The van der Waals surface area contributed by atoms with Gasteiger partial charge in [-0.05, 0) is 41.1 Å². The summed E-state index contributed by atoms with van der Waals surface area (Å²) in [5.41, 5.74) is 0.533. The minimum atomic E-state index is -0.200. The summed E-state index contributed by atoms with van der Waals surface area (Å²) in [4.78, 5) is 16.7. The number of halogens is 1. The smallest absolute Gasteiger partial charge is 0.252 e. The molecule has 0 unspecified atom stereocenters. The van der Waals surface area contributed by atoms with Crippen LogP contribution in [0.4, 0.5) is 0 Å². The van der Waals surface area contributed by atoms with E-state index in [9.17, 15) is 4.79 Å². The molecule has 0 aliphatic carbocycles. The number of hydrogen-bond donors (Lipinski definition) is 2. The number of benzene rings is 1. The maximum Gasteiger partial charge on any atom is 0.252 e. The largest absolute Gasteiger partial charge is 0.444 e. The Bertz CT molecular complexity index is 583. The van der Waals surface area contributed by atoms with E-state index in [4.69, 9.17) is 4.42 Å². The Morgan fingerprint density at radius 3 is 3.00 bits per heavy atom. The molecular weight excluding hydrogens is 316 g/mol. The number of amides is 1. The van der Waals surface area contributed by atoms with Gasteiger partial charge in [-0.3, -0.25) is 4.79 Å². The second kappa shape index (κ2) is 5.58. The monoisotopic (exact) mass is 326 g/mol. The highest BCUT2D eigenvalue weighted by molar-refractivity contribution is 9.10. The van der Waals surface area contributed by atoms with E-state index in [0.29, 0.717) is 11.5 Å². The maximum atomic E-state index is 12.0. The molecule has 0 atom stereocenters. The normalized spacial score (nSPS) is 10.4. The molecule has 1 aromatic heterocycles. The van der Waals surface area contributed by atoms with Crippen LogP contribution in [0.3, 0.4) is 0 Å². The average molecular weight is 327 g/mol. The molecule has 18 heavy (non-hydrogen) atoms. The standard InChI is InChI=1S/C12H11BrN2O2S/c1-7-5-14-11(17-7)6-15-12(16)9-4-8(18)2-3-10(9)13/h2-5,18H,6H2,1H3,(H,15,16). The zero-order chi connectivity index (χ0) is 13.1. The second-order valence-corrected chi connectivity index (χ2v) is 5.08. The van der Waals surface area contributed by atoms with E-state index in [0.717, 1.165) is 15.1 Å². The number of oxazole rings is 1. The van der Waals surface area contributed by atoms with Crippen molar-refractivity contribution < 1.29 is 9.21 Å². The number of aryl methyl sites for hydroxylation is 1. The molecule has 0 radical (unpaired) electrons. The van der Waals surface area contributed by atoms with Crippen molar-refractivity contribution >= 4 is 34.5 Å². The molecule has 0 aliphatic rings. The molecule has 1 heterocycles. The first-order valence-electron chi connectivity index (χ1n) is 5.24. The molecule has 6 heteroatoms. The van der Waals surface area contributed by atoms with E-state index in [2.05, 4.69) is 38.9 Å². The minimum Gasteiger partial charge on any atom is -0.444 e. The molecule has 1 amide bonds. The van der Waals surface area contributed by atoms with Gasteiger partial charge >= 0.3 is 0 Å². The molecule has 0 spiro atoms. The summed E-state index contributed by atoms with van der Waals surface area (Å²) in [6.45, 7) is 2.06. The second-order valence-electron chi connectivity index (χ2n) is 3.71. The van der Waals surface area contributed by atoms with Gasteiger partial charge in [-0.25, -0.2) is 4.98 Å². The molecule has 0 saturated heterocycles. The minimum absolute atomic E-state index is 0.200. The number of rotatable bonds is 3. The summed E-state index contributed by atoms with van der Waals surface area (Å²) >= 11 is 7.53. The molecule has 4 nitrogen and oxygen atoms in total. The summed E-state index contributed by atoms with van der Waals surface area (Å²) in [5.74, 6) is 1.01. The van der Waals surface area contributed by atoms with Gasteiger partial charge in [-0.1, -0.05) is 0 Å². The van der Waals surface area contributed by atoms with Crippen LogP contribution in [0.5, 0.6) is 0 Å². The summed E-state index contributed by atoms with van der Waals surface area (Å²) in [5, 5.41) is 2.74. The van der Waals surface area contributed by atoms with Crippen LogP contribution in [0.1, 0.15) is 22.0 Å². The average Bonchev–Trinajstić information content (AvgIpc) is 2.75. The van der Waals surface area contributed by atoms with E-state index in [1.165, 1.54) is 0 Å². The molecule has 2 aromatic rings. The molecule has 0 bridgehead atoms. The van der Waals surface area contributed by atoms with Crippen molar-refractivity contribution in [2.75, 3.05) is 0 Å². The number of nitrogens with one attached hydrogen (secondary N) is 1. The predicted octanol–water partition coefficient (Wildman–Crippen LogP) is 2.96. The van der Waals surface area contributed by atoms with Gasteiger partial charge in [0.2, 0.25) is 5.89 Å². The zero-order valence-corrected chi connectivity index (χ0v) is 12.1. The highest BCUT2D eigenvalue weighted by Gasteiger charge is 2.11. The zero-order valence-electron chi connectivity index (χ0n) is 9.61. The third-order valence-corrected chi connectivity index (χ3v) is 3.23. The van der Waals surface area contributed by atoms with E-state index in [1.807, 2.05) is 0 Å². The molecule has 0 fully saturated rings. The lowest BCUT2D eigenvalue weighted by Gasteiger charge is -2.05. The highest BCUT2D eigenvalue weighted by Crippen LogP contribution is 2.20. The van der Waals surface area contributed by atoms with Crippen molar-refractivity contribution in [3.63, 3.8) is 0 Å². The Labute approximate surface area is 118 Å². The quantitative estimate of drug-likeness (QED) is 0.852. The van der Waals surface area contributed by atoms with E-state index in [1.54, 1.807) is 31.3 Å². The van der Waals surface area contributed by atoms with Gasteiger partial charge in [0.05, 0.1) is 18.3 Å². The van der Waals surface area contributed by atoms with Crippen LogP contribution >= 0.6 is 28.6 Å². The van der Waals surface area contributed by atoms with Crippen LogP contribution in [0.2, 0.25) is 0 Å². The molecular formula is C12H11BrN2O2S. The summed E-state index contributed by atoms with van der Waals surface area (Å²) < 4.78 is 5.99. The molecule has 1 N–H and O–H groups in total. The van der Waals surface area contributed by atoms with Crippen molar-refractivity contribution in [3.05, 3.63) is 46.1 Å². The van der Waals surface area contributed by atoms with Crippen LogP contribution in [0, 0.1) is 6.92 Å². The van der Waals surface area contributed by atoms with Crippen molar-refractivity contribution in [2.45, 2.75) is 18.4 Å². The Morgan fingerprint density at radius 1 is 1.56 bits per heavy atom. The molecule has 2 rings (SSSR count). The van der Waals surface area contributed by atoms with Crippen LogP contribution in [0.15, 0.2) is 38.2 Å². The van der Waals surface area contributed by atoms with Gasteiger partial charge in [0.15, 0.2) is 0 Å². The highest BCUT2D eigenvalue weighted by atomic mass is 79.9. The first-order valence-corrected chi connectivity index (χ1v) is 6.48. The van der Waals surface area contributed by atoms with Gasteiger partial charge in [0.1, 0.15) is 5.76 Å². The molecule has 94 valence electrons. The van der Waals surface area contributed by atoms with Gasteiger partial charge in [0, 0.05) is 9.37 Å². The fourth-order valence-electron chi connectivity index (χ4n) is 1.42. The van der Waals surface area contributed by atoms with E-state index < -0.39 is 0 Å². The Kier molecular flexibility index (Phi) is 4.08. The Morgan fingerprint density at radius 2 is 2.33 bits per heavy atom. The number of nitrogens with zero attached hydrogens (tertiary/aromatic N) is 1. The van der Waals surface area contributed by atoms with Crippen molar-refractivity contribution in [3.8, 4) is 0 Å². The Hall–Kier alpha value is -1.27. The van der Waals surface area contributed by atoms with Crippen LogP contribution in [0.25, 0.3) is 0 Å². The van der Waals surface area contributed by atoms with Crippen molar-refractivity contribution in [1.29, 1.82) is 0 Å². The van der Waals surface area contributed by atoms with E-state index in [-0.39, 0.29) is 12.5 Å². The fraction of sp³-hybridized carbons (Fsp3) is 0.167. The van der Waals surface area contributed by atoms with Gasteiger partial charge in [0.25, 0.3) is 5.91 Å². The molecule has 1 aromatic carbocycles. The number of hydrogen-bond acceptors (Lipinski definition) is 4. The van der Waals surface area contributed by atoms with Crippen molar-refractivity contribution in [1.82, 2.24) is 10.3 Å². The predicted molar refractivity (Wildman–Crippen MR) is 73.8 cm³/mol. The lowest BCUT2D eigenvalue weighted by molar-refractivity contribution is 0.0946.